The summed E-state index contributed by atoms with van der Waals surface area (Å²) in [6.45, 7) is 5.33. The molecule has 0 amide bonds. The zero-order chi connectivity index (χ0) is 11.5. The number of rotatable bonds is 2. The van der Waals surface area contributed by atoms with Crippen molar-refractivity contribution in [2.24, 2.45) is 17.8 Å². The SMILES string of the molecule is CC1CCC(C(=O)C2CSCCO2)CC1C. The zero-order valence-electron chi connectivity index (χ0n) is 10.3. The number of carbonyl (C=O) groups is 1. The maximum Gasteiger partial charge on any atom is 0.165 e. The van der Waals surface area contributed by atoms with E-state index in [1.165, 1.54) is 6.42 Å². The first-order valence-electron chi connectivity index (χ1n) is 6.41. The van der Waals surface area contributed by atoms with Crippen LogP contribution in [0.15, 0.2) is 0 Å². The molecule has 0 aromatic heterocycles. The van der Waals surface area contributed by atoms with Crippen LogP contribution in [-0.2, 0) is 9.53 Å². The van der Waals surface area contributed by atoms with Gasteiger partial charge >= 0.3 is 0 Å². The largest absolute Gasteiger partial charge is 0.369 e. The van der Waals surface area contributed by atoms with E-state index in [4.69, 9.17) is 4.74 Å². The summed E-state index contributed by atoms with van der Waals surface area (Å²) in [4.78, 5) is 12.3. The first kappa shape index (κ1) is 12.4. The summed E-state index contributed by atoms with van der Waals surface area (Å²) in [5, 5.41) is 0. The quantitative estimate of drug-likeness (QED) is 0.745. The van der Waals surface area contributed by atoms with Gasteiger partial charge in [-0.3, -0.25) is 4.79 Å². The molecule has 1 aliphatic carbocycles. The van der Waals surface area contributed by atoms with Crippen molar-refractivity contribution in [3.05, 3.63) is 0 Å². The van der Waals surface area contributed by atoms with E-state index in [2.05, 4.69) is 13.8 Å². The molecule has 4 unspecified atom stereocenters. The van der Waals surface area contributed by atoms with Crippen molar-refractivity contribution in [3.8, 4) is 0 Å². The number of hydrogen-bond acceptors (Lipinski definition) is 3. The van der Waals surface area contributed by atoms with E-state index in [-0.39, 0.29) is 12.0 Å². The van der Waals surface area contributed by atoms with Crippen LogP contribution in [0.3, 0.4) is 0 Å². The number of thioether (sulfide) groups is 1. The smallest absolute Gasteiger partial charge is 0.165 e. The Balaban J connectivity index is 1.89. The zero-order valence-corrected chi connectivity index (χ0v) is 11.1. The van der Waals surface area contributed by atoms with Gasteiger partial charge in [-0.25, -0.2) is 0 Å². The number of hydrogen-bond donors (Lipinski definition) is 0. The van der Waals surface area contributed by atoms with Crippen LogP contribution in [0, 0.1) is 17.8 Å². The lowest BCUT2D eigenvalue weighted by Crippen LogP contribution is -2.38. The molecule has 16 heavy (non-hydrogen) atoms. The van der Waals surface area contributed by atoms with Crippen LogP contribution >= 0.6 is 11.8 Å². The highest BCUT2D eigenvalue weighted by molar-refractivity contribution is 7.99. The third-order valence-electron chi connectivity index (χ3n) is 4.13. The highest BCUT2D eigenvalue weighted by Gasteiger charge is 2.34. The Morgan fingerprint density at radius 1 is 1.25 bits per heavy atom. The molecule has 1 heterocycles. The Bertz CT molecular complexity index is 248. The van der Waals surface area contributed by atoms with E-state index >= 15 is 0 Å². The summed E-state index contributed by atoms with van der Waals surface area (Å²) in [7, 11) is 0. The number of ether oxygens (including phenoxy) is 1. The summed E-state index contributed by atoms with van der Waals surface area (Å²) >= 11 is 1.85. The Morgan fingerprint density at radius 3 is 2.69 bits per heavy atom. The molecule has 0 aromatic carbocycles. The normalized spacial score (nSPS) is 40.6. The fraction of sp³-hybridized carbons (Fsp3) is 0.923. The van der Waals surface area contributed by atoms with Gasteiger partial charge in [0.15, 0.2) is 5.78 Å². The summed E-state index contributed by atoms with van der Waals surface area (Å²) < 4.78 is 5.58. The van der Waals surface area contributed by atoms with E-state index in [9.17, 15) is 4.79 Å². The van der Waals surface area contributed by atoms with Crippen molar-refractivity contribution in [1.29, 1.82) is 0 Å². The molecule has 2 rings (SSSR count). The molecular weight excluding hydrogens is 220 g/mol. The molecule has 92 valence electrons. The second-order valence-corrected chi connectivity index (χ2v) is 6.45. The monoisotopic (exact) mass is 242 g/mol. The predicted molar refractivity (Wildman–Crippen MR) is 67.7 cm³/mol. The molecule has 2 fully saturated rings. The molecule has 2 nitrogen and oxygen atoms in total. The lowest BCUT2D eigenvalue weighted by atomic mass is 9.74. The van der Waals surface area contributed by atoms with E-state index in [0.29, 0.717) is 11.7 Å². The third-order valence-corrected chi connectivity index (χ3v) is 5.13. The molecule has 3 heteroatoms. The van der Waals surface area contributed by atoms with Crippen LogP contribution < -0.4 is 0 Å². The van der Waals surface area contributed by atoms with Gasteiger partial charge in [-0.1, -0.05) is 13.8 Å². The molecule has 0 aromatic rings. The summed E-state index contributed by atoms with van der Waals surface area (Å²) in [6, 6.07) is 0. The van der Waals surface area contributed by atoms with Crippen molar-refractivity contribution >= 4 is 17.5 Å². The minimum absolute atomic E-state index is 0.107. The second-order valence-electron chi connectivity index (χ2n) is 5.30. The van der Waals surface area contributed by atoms with Crippen LogP contribution in [0.25, 0.3) is 0 Å². The Hall–Kier alpha value is -0.0200. The molecule has 0 N–H and O–H groups in total. The molecule has 0 radical (unpaired) electrons. The standard InChI is InChI=1S/C13H22O2S/c1-9-3-4-11(7-10(9)2)13(14)12-8-16-6-5-15-12/h9-12H,3-8H2,1-2H3. The summed E-state index contributed by atoms with van der Waals surface area (Å²) in [6.07, 6.45) is 3.25. The summed E-state index contributed by atoms with van der Waals surface area (Å²) in [5.41, 5.74) is 0. The average molecular weight is 242 g/mol. The molecule has 0 spiro atoms. The predicted octanol–water partition coefficient (Wildman–Crippen LogP) is 2.76. The van der Waals surface area contributed by atoms with Crippen molar-refractivity contribution < 1.29 is 9.53 Å². The first-order chi connectivity index (χ1) is 7.68. The second kappa shape index (κ2) is 5.54. The van der Waals surface area contributed by atoms with Crippen LogP contribution in [0.5, 0.6) is 0 Å². The van der Waals surface area contributed by atoms with Gasteiger partial charge in [0, 0.05) is 17.4 Å². The maximum absolute atomic E-state index is 12.3. The molecular formula is C13H22O2S. The Morgan fingerprint density at radius 2 is 2.06 bits per heavy atom. The van der Waals surface area contributed by atoms with Crippen molar-refractivity contribution in [3.63, 3.8) is 0 Å². The lowest BCUT2D eigenvalue weighted by molar-refractivity contribution is -0.135. The van der Waals surface area contributed by atoms with E-state index < -0.39 is 0 Å². The van der Waals surface area contributed by atoms with Crippen molar-refractivity contribution in [2.75, 3.05) is 18.1 Å². The highest BCUT2D eigenvalue weighted by atomic mass is 32.2. The van der Waals surface area contributed by atoms with Gasteiger partial charge in [-0.2, -0.15) is 11.8 Å². The molecule has 4 atom stereocenters. The highest BCUT2D eigenvalue weighted by Crippen LogP contribution is 2.35. The van der Waals surface area contributed by atoms with E-state index in [0.717, 1.165) is 36.9 Å². The average Bonchev–Trinajstić information content (AvgIpc) is 2.33. The molecule has 1 aliphatic heterocycles. The van der Waals surface area contributed by atoms with Gasteiger partial charge in [-0.15, -0.1) is 0 Å². The first-order valence-corrected chi connectivity index (χ1v) is 7.57. The molecule has 0 bridgehead atoms. The van der Waals surface area contributed by atoms with Gasteiger partial charge in [0.2, 0.25) is 0 Å². The topological polar surface area (TPSA) is 26.3 Å². The van der Waals surface area contributed by atoms with Crippen LogP contribution in [-0.4, -0.2) is 30.0 Å². The summed E-state index contributed by atoms with van der Waals surface area (Å²) in [5.74, 6) is 4.05. The Labute approximate surface area is 103 Å². The van der Waals surface area contributed by atoms with Crippen molar-refractivity contribution in [2.45, 2.75) is 39.2 Å². The number of carbonyl (C=O) groups excluding carboxylic acids is 1. The third kappa shape index (κ3) is 2.80. The fourth-order valence-electron chi connectivity index (χ4n) is 2.72. The molecule has 1 saturated carbocycles. The van der Waals surface area contributed by atoms with Gasteiger partial charge in [-0.05, 0) is 31.1 Å². The minimum Gasteiger partial charge on any atom is -0.369 e. The van der Waals surface area contributed by atoms with Gasteiger partial charge in [0.1, 0.15) is 6.10 Å². The van der Waals surface area contributed by atoms with Gasteiger partial charge in [0.05, 0.1) is 6.61 Å². The van der Waals surface area contributed by atoms with Crippen LogP contribution in [0.1, 0.15) is 33.1 Å². The minimum atomic E-state index is -0.107. The number of Topliss-reactive ketones (excluding diaryl/α,β-unsaturated/α-hetero) is 1. The molecule has 1 saturated heterocycles. The van der Waals surface area contributed by atoms with Crippen LogP contribution in [0.2, 0.25) is 0 Å². The lowest BCUT2D eigenvalue weighted by Gasteiger charge is -2.33. The maximum atomic E-state index is 12.3. The molecule has 2 aliphatic rings. The fourth-order valence-corrected chi connectivity index (χ4v) is 3.58. The van der Waals surface area contributed by atoms with Gasteiger partial charge in [0.25, 0.3) is 0 Å². The van der Waals surface area contributed by atoms with Crippen molar-refractivity contribution in [1.82, 2.24) is 0 Å². The van der Waals surface area contributed by atoms with E-state index in [1.54, 1.807) is 0 Å². The van der Waals surface area contributed by atoms with E-state index in [1.807, 2.05) is 11.8 Å². The van der Waals surface area contributed by atoms with Crippen LogP contribution in [0.4, 0.5) is 0 Å². The number of ketones is 1. The van der Waals surface area contributed by atoms with Gasteiger partial charge < -0.3 is 4.74 Å². The Kier molecular flexibility index (Phi) is 4.31.